The number of hydrogen-bond donors (Lipinski definition) is 2. The van der Waals surface area contributed by atoms with Gasteiger partial charge in [0.2, 0.25) is 0 Å². The predicted octanol–water partition coefficient (Wildman–Crippen LogP) is 4.09. The van der Waals surface area contributed by atoms with Gasteiger partial charge in [0.05, 0.1) is 29.7 Å². The fraction of sp³-hybridized carbons (Fsp3) is 0.536. The van der Waals surface area contributed by atoms with E-state index in [2.05, 4.69) is 42.4 Å². The van der Waals surface area contributed by atoms with Gasteiger partial charge in [-0.1, -0.05) is 26.7 Å². The van der Waals surface area contributed by atoms with Crippen LogP contribution in [0.15, 0.2) is 30.5 Å². The minimum absolute atomic E-state index is 0.0149. The van der Waals surface area contributed by atoms with Gasteiger partial charge in [0.25, 0.3) is 11.8 Å². The zero-order valence-corrected chi connectivity index (χ0v) is 20.3. The number of nitrogens with zero attached hydrogens (tertiary/aromatic N) is 2. The number of nitrogens with one attached hydrogen (secondary N) is 2. The Morgan fingerprint density at radius 2 is 1.65 bits per heavy atom. The molecule has 178 valence electrons. The summed E-state index contributed by atoms with van der Waals surface area (Å²) < 4.78 is 1.83. The van der Waals surface area contributed by atoms with Crippen LogP contribution in [0.2, 0.25) is 0 Å². The lowest BCUT2D eigenvalue weighted by Crippen LogP contribution is -2.55. The van der Waals surface area contributed by atoms with E-state index >= 15 is 0 Å². The third-order valence-electron chi connectivity index (χ3n) is 7.97. The average molecular weight is 459 g/mol. The lowest BCUT2D eigenvalue weighted by atomic mass is 9.54. The fourth-order valence-corrected chi connectivity index (χ4v) is 6.81. The van der Waals surface area contributed by atoms with Crippen molar-refractivity contribution in [3.63, 3.8) is 0 Å². The number of terminal acetylenes is 1. The Kier molecular flexibility index (Phi) is 5.75. The normalized spacial score (nSPS) is 27.3. The second-order valence-electron chi connectivity index (χ2n) is 11.4. The largest absolute Gasteiger partial charge is 0.349 e. The highest BCUT2D eigenvalue weighted by Gasteiger charge is 2.48. The molecule has 0 saturated heterocycles. The van der Waals surface area contributed by atoms with Crippen LogP contribution in [-0.4, -0.2) is 34.2 Å². The smallest absolute Gasteiger partial charge is 0.255 e. The van der Waals surface area contributed by atoms with Crippen LogP contribution in [0.4, 0.5) is 0 Å². The van der Waals surface area contributed by atoms with E-state index in [0.717, 1.165) is 23.2 Å². The van der Waals surface area contributed by atoms with Crippen LogP contribution in [-0.2, 0) is 5.41 Å². The molecule has 4 aliphatic rings. The van der Waals surface area contributed by atoms with Crippen molar-refractivity contribution in [3.05, 3.63) is 47.3 Å². The summed E-state index contributed by atoms with van der Waals surface area (Å²) in [5, 5.41) is 10.7. The highest BCUT2D eigenvalue weighted by molar-refractivity contribution is 5.96. The quantitative estimate of drug-likeness (QED) is 0.663. The van der Waals surface area contributed by atoms with Gasteiger partial charge < -0.3 is 10.6 Å². The Morgan fingerprint density at radius 1 is 1.03 bits per heavy atom. The number of amides is 2. The minimum Gasteiger partial charge on any atom is -0.349 e. The van der Waals surface area contributed by atoms with Crippen molar-refractivity contribution in [1.29, 1.82) is 0 Å². The number of benzene rings is 1. The second-order valence-corrected chi connectivity index (χ2v) is 11.4. The first-order chi connectivity index (χ1) is 16.2. The molecule has 1 heterocycles. The molecule has 2 aromatic rings. The van der Waals surface area contributed by atoms with Crippen LogP contribution in [0, 0.1) is 36.0 Å². The monoisotopic (exact) mass is 458 g/mol. The molecule has 1 aromatic heterocycles. The van der Waals surface area contributed by atoms with Gasteiger partial charge >= 0.3 is 0 Å². The maximum Gasteiger partial charge on any atom is 0.255 e. The molecule has 6 rings (SSSR count). The Labute approximate surface area is 201 Å². The summed E-state index contributed by atoms with van der Waals surface area (Å²) in [7, 11) is 0. The Bertz CT molecular complexity index is 1100. The summed E-state index contributed by atoms with van der Waals surface area (Å²) in [6.07, 6.45) is 13.4. The predicted molar refractivity (Wildman–Crippen MR) is 132 cm³/mol. The van der Waals surface area contributed by atoms with Gasteiger partial charge in [-0.15, -0.1) is 6.42 Å². The number of aromatic nitrogens is 2. The molecule has 4 fully saturated rings. The molecule has 6 heteroatoms. The molecule has 2 amide bonds. The van der Waals surface area contributed by atoms with Gasteiger partial charge in [0, 0.05) is 17.0 Å². The fourth-order valence-electron chi connectivity index (χ4n) is 6.81. The highest BCUT2D eigenvalue weighted by atomic mass is 16.2. The number of hydrogen-bond acceptors (Lipinski definition) is 3. The van der Waals surface area contributed by atoms with Crippen LogP contribution < -0.4 is 10.6 Å². The van der Waals surface area contributed by atoms with E-state index in [1.807, 2.05) is 16.8 Å². The Balaban J connectivity index is 1.39. The van der Waals surface area contributed by atoms with Gasteiger partial charge in [0.15, 0.2) is 0 Å². The summed E-state index contributed by atoms with van der Waals surface area (Å²) in [6, 6.07) is 7.50. The minimum atomic E-state index is -0.296. The zero-order chi connectivity index (χ0) is 24.0. The van der Waals surface area contributed by atoms with Crippen molar-refractivity contribution in [2.45, 2.75) is 64.3 Å². The molecule has 2 N–H and O–H groups in total. The van der Waals surface area contributed by atoms with Crippen molar-refractivity contribution in [2.24, 2.45) is 23.7 Å². The van der Waals surface area contributed by atoms with E-state index in [4.69, 9.17) is 6.42 Å². The highest BCUT2D eigenvalue weighted by Crippen LogP contribution is 2.53. The SMILES string of the molecule is C#CCNC(=O)c1ccc(-n2ncc(C(=O)NC3C4CC5CC(C4)CC3C5)c2C(C)(C)C)cc1. The molecular formula is C28H34N4O2. The van der Waals surface area contributed by atoms with Crippen molar-refractivity contribution in [3.8, 4) is 18.0 Å². The molecule has 0 atom stereocenters. The molecule has 0 aliphatic heterocycles. The van der Waals surface area contributed by atoms with Crippen LogP contribution in [0.5, 0.6) is 0 Å². The molecular weight excluding hydrogens is 424 g/mol. The van der Waals surface area contributed by atoms with E-state index < -0.39 is 0 Å². The summed E-state index contributed by atoms with van der Waals surface area (Å²) in [5.41, 5.74) is 2.56. The maximum atomic E-state index is 13.6. The van der Waals surface area contributed by atoms with E-state index in [0.29, 0.717) is 23.0 Å². The van der Waals surface area contributed by atoms with Crippen molar-refractivity contribution in [1.82, 2.24) is 20.4 Å². The summed E-state index contributed by atoms with van der Waals surface area (Å²) in [5.74, 6) is 5.18. The third-order valence-corrected chi connectivity index (χ3v) is 7.97. The first-order valence-electron chi connectivity index (χ1n) is 12.5. The van der Waals surface area contributed by atoms with Crippen LogP contribution in [0.25, 0.3) is 5.69 Å². The summed E-state index contributed by atoms with van der Waals surface area (Å²) in [4.78, 5) is 25.7. The summed E-state index contributed by atoms with van der Waals surface area (Å²) in [6.45, 7) is 6.49. The van der Waals surface area contributed by atoms with Crippen molar-refractivity contribution in [2.75, 3.05) is 6.54 Å². The van der Waals surface area contributed by atoms with Crippen molar-refractivity contribution >= 4 is 11.8 Å². The molecule has 4 bridgehead atoms. The van der Waals surface area contributed by atoms with E-state index in [1.54, 1.807) is 18.3 Å². The third kappa shape index (κ3) is 4.13. The van der Waals surface area contributed by atoms with Crippen LogP contribution >= 0.6 is 0 Å². The second kappa shape index (κ2) is 8.61. The Hall–Kier alpha value is -3.07. The number of rotatable bonds is 5. The summed E-state index contributed by atoms with van der Waals surface area (Å²) >= 11 is 0. The van der Waals surface area contributed by atoms with E-state index in [1.165, 1.54) is 32.1 Å². The molecule has 4 aliphatic carbocycles. The molecule has 1 aromatic carbocycles. The number of carbonyl (C=O) groups excluding carboxylic acids is 2. The van der Waals surface area contributed by atoms with Gasteiger partial charge in [0.1, 0.15) is 0 Å². The molecule has 4 saturated carbocycles. The Morgan fingerprint density at radius 3 is 2.21 bits per heavy atom. The molecule has 0 unspecified atom stereocenters. The van der Waals surface area contributed by atoms with E-state index in [9.17, 15) is 9.59 Å². The topological polar surface area (TPSA) is 76.0 Å². The van der Waals surface area contributed by atoms with Gasteiger partial charge in [-0.25, -0.2) is 4.68 Å². The first-order valence-corrected chi connectivity index (χ1v) is 12.5. The molecule has 34 heavy (non-hydrogen) atoms. The molecule has 0 radical (unpaired) electrons. The lowest BCUT2D eigenvalue weighted by molar-refractivity contribution is -0.0119. The van der Waals surface area contributed by atoms with E-state index in [-0.39, 0.29) is 29.8 Å². The average Bonchev–Trinajstić information content (AvgIpc) is 3.25. The zero-order valence-electron chi connectivity index (χ0n) is 20.3. The van der Waals surface area contributed by atoms with Gasteiger partial charge in [-0.3, -0.25) is 9.59 Å². The van der Waals surface area contributed by atoms with Crippen LogP contribution in [0.1, 0.15) is 79.3 Å². The molecule has 6 nitrogen and oxygen atoms in total. The molecule has 0 spiro atoms. The van der Waals surface area contributed by atoms with Gasteiger partial charge in [-0.2, -0.15) is 5.10 Å². The van der Waals surface area contributed by atoms with Gasteiger partial charge in [-0.05, 0) is 80.0 Å². The number of carbonyl (C=O) groups is 2. The lowest BCUT2D eigenvalue weighted by Gasteiger charge is -2.54. The first kappa shape index (κ1) is 22.7. The van der Waals surface area contributed by atoms with Crippen molar-refractivity contribution < 1.29 is 9.59 Å². The van der Waals surface area contributed by atoms with Crippen LogP contribution in [0.3, 0.4) is 0 Å². The maximum absolute atomic E-state index is 13.6. The standard InChI is InChI=1S/C28H34N4O2/c1-5-10-29-26(33)19-6-8-22(9-7-19)32-25(28(2,3)4)23(16-30-32)27(34)31-24-20-12-17-11-18(14-20)15-21(24)13-17/h1,6-9,16-18,20-21,24H,10-15H2,2-4H3,(H,29,33)(H,31,34).